The molecule has 3 N–H and O–H groups in total. The maximum absolute atomic E-state index is 13.7. The Morgan fingerprint density at radius 1 is 1.17 bits per heavy atom. The Hall–Kier alpha value is -1.62. The number of nitrogens with one attached hydrogen (secondary N) is 1. The molecule has 2 rings (SSSR count). The molecule has 0 aliphatic heterocycles. The zero-order valence-electron chi connectivity index (χ0n) is 13.6. The number of hydrogen-bond acceptors (Lipinski definition) is 2. The number of rotatable bonds is 5. The molecule has 0 aliphatic rings. The zero-order valence-corrected chi connectivity index (χ0v) is 15.1. The molecule has 2 aromatic carbocycles. The summed E-state index contributed by atoms with van der Waals surface area (Å²) < 4.78 is 13.7. The largest absolute Gasteiger partial charge is 0.350 e. The van der Waals surface area contributed by atoms with E-state index >= 15 is 0 Å². The summed E-state index contributed by atoms with van der Waals surface area (Å²) in [5, 5.41) is 2.71. The molecule has 1 unspecified atom stereocenters. The normalized spacial score (nSPS) is 11.8. The average Bonchev–Trinajstić information content (AvgIpc) is 2.52. The highest BCUT2D eigenvalue weighted by Crippen LogP contribution is 2.20. The lowest BCUT2D eigenvalue weighted by Gasteiger charge is -2.15. The molecule has 0 bridgehead atoms. The third kappa shape index (κ3) is 4.94. The smallest absolute Gasteiger partial charge is 0.255 e. The minimum absolute atomic E-state index is 0. The van der Waals surface area contributed by atoms with Crippen LogP contribution >= 0.6 is 24.0 Å². The van der Waals surface area contributed by atoms with Gasteiger partial charge in [-0.15, -0.1) is 12.4 Å². The van der Waals surface area contributed by atoms with Gasteiger partial charge in [0.25, 0.3) is 5.91 Å². The minimum atomic E-state index is -0.648. The Morgan fingerprint density at radius 2 is 1.75 bits per heavy atom. The first-order valence-corrected chi connectivity index (χ1v) is 7.85. The lowest BCUT2D eigenvalue weighted by Crippen LogP contribution is -2.32. The predicted molar refractivity (Wildman–Crippen MR) is 98.5 cm³/mol. The molecule has 0 aromatic heterocycles. The van der Waals surface area contributed by atoms with E-state index in [1.54, 1.807) is 0 Å². The first-order valence-electron chi connectivity index (χ1n) is 7.47. The number of carbonyl (C=O) groups is 1. The summed E-state index contributed by atoms with van der Waals surface area (Å²) in [6, 6.07) is 11.7. The highest BCUT2D eigenvalue weighted by Gasteiger charge is 2.16. The van der Waals surface area contributed by atoms with Crippen LogP contribution in [0.2, 0.25) is 5.02 Å². The van der Waals surface area contributed by atoms with Crippen molar-refractivity contribution in [2.24, 2.45) is 5.73 Å². The Morgan fingerprint density at radius 3 is 2.29 bits per heavy atom. The predicted octanol–water partition coefficient (Wildman–Crippen LogP) is 4.45. The van der Waals surface area contributed by atoms with Gasteiger partial charge in [-0.25, -0.2) is 4.39 Å². The van der Waals surface area contributed by atoms with E-state index in [4.69, 9.17) is 17.3 Å². The van der Waals surface area contributed by atoms with Crippen molar-refractivity contribution in [1.29, 1.82) is 0 Å². The molecule has 1 atom stereocenters. The molecular weight excluding hydrogens is 350 g/mol. The molecule has 0 radical (unpaired) electrons. The van der Waals surface area contributed by atoms with Gasteiger partial charge in [0.05, 0.1) is 10.6 Å². The summed E-state index contributed by atoms with van der Waals surface area (Å²) in [6.07, 6.45) is 0. The van der Waals surface area contributed by atoms with E-state index in [-0.39, 0.29) is 35.6 Å². The SMILES string of the molecule is CC(C)c1ccc(C(N)CNC(=O)c2c(F)cccc2Cl)cc1.Cl. The Bertz CT molecular complexity index is 670. The van der Waals surface area contributed by atoms with E-state index in [0.29, 0.717) is 5.92 Å². The number of halogens is 3. The quantitative estimate of drug-likeness (QED) is 0.816. The van der Waals surface area contributed by atoms with Crippen molar-refractivity contribution in [3.63, 3.8) is 0 Å². The van der Waals surface area contributed by atoms with Crippen molar-refractivity contribution >= 4 is 29.9 Å². The third-order valence-electron chi connectivity index (χ3n) is 3.70. The summed E-state index contributed by atoms with van der Waals surface area (Å²) in [5.74, 6) is -0.768. The second-order valence-electron chi connectivity index (χ2n) is 5.73. The number of benzene rings is 2. The second kappa shape index (κ2) is 9.02. The summed E-state index contributed by atoms with van der Waals surface area (Å²) >= 11 is 5.87. The van der Waals surface area contributed by atoms with Gasteiger partial charge in [-0.3, -0.25) is 4.79 Å². The highest BCUT2D eigenvalue weighted by molar-refractivity contribution is 6.33. The average molecular weight is 371 g/mol. The first kappa shape index (κ1) is 20.4. The van der Waals surface area contributed by atoms with E-state index in [9.17, 15) is 9.18 Å². The van der Waals surface area contributed by atoms with Crippen molar-refractivity contribution in [1.82, 2.24) is 5.32 Å². The lowest BCUT2D eigenvalue weighted by atomic mass is 9.99. The molecule has 2 aromatic rings. The maximum atomic E-state index is 13.7. The van der Waals surface area contributed by atoms with Crippen LogP contribution in [0.3, 0.4) is 0 Å². The Balaban J connectivity index is 0.00000288. The number of carbonyl (C=O) groups excluding carboxylic acids is 1. The highest BCUT2D eigenvalue weighted by atomic mass is 35.5. The number of amides is 1. The van der Waals surface area contributed by atoms with E-state index in [1.165, 1.54) is 23.8 Å². The van der Waals surface area contributed by atoms with Crippen LogP contribution in [0, 0.1) is 5.82 Å². The lowest BCUT2D eigenvalue weighted by molar-refractivity contribution is 0.0947. The van der Waals surface area contributed by atoms with Crippen molar-refractivity contribution < 1.29 is 9.18 Å². The molecule has 3 nitrogen and oxygen atoms in total. The maximum Gasteiger partial charge on any atom is 0.255 e. The van der Waals surface area contributed by atoms with Crippen LogP contribution in [0.4, 0.5) is 4.39 Å². The van der Waals surface area contributed by atoms with Gasteiger partial charge >= 0.3 is 0 Å². The third-order valence-corrected chi connectivity index (χ3v) is 4.02. The summed E-state index contributed by atoms with van der Waals surface area (Å²) in [6.45, 7) is 4.44. The molecule has 0 spiro atoms. The molecule has 0 saturated heterocycles. The van der Waals surface area contributed by atoms with Gasteiger partial charge < -0.3 is 11.1 Å². The fourth-order valence-corrected chi connectivity index (χ4v) is 2.50. The van der Waals surface area contributed by atoms with Gasteiger partial charge in [0.1, 0.15) is 5.82 Å². The number of nitrogens with two attached hydrogens (primary N) is 1. The van der Waals surface area contributed by atoms with Crippen molar-refractivity contribution in [3.8, 4) is 0 Å². The van der Waals surface area contributed by atoms with Gasteiger partial charge in [0, 0.05) is 12.6 Å². The first-order chi connectivity index (χ1) is 10.9. The molecule has 24 heavy (non-hydrogen) atoms. The monoisotopic (exact) mass is 370 g/mol. The number of hydrogen-bond donors (Lipinski definition) is 2. The molecule has 0 heterocycles. The topological polar surface area (TPSA) is 55.1 Å². The van der Waals surface area contributed by atoms with Crippen molar-refractivity contribution in [2.75, 3.05) is 6.54 Å². The fourth-order valence-electron chi connectivity index (χ4n) is 2.25. The van der Waals surface area contributed by atoms with E-state index in [2.05, 4.69) is 19.2 Å². The van der Waals surface area contributed by atoms with Gasteiger partial charge in [-0.05, 0) is 29.2 Å². The summed E-state index contributed by atoms with van der Waals surface area (Å²) in [7, 11) is 0. The van der Waals surface area contributed by atoms with Crippen LogP contribution in [0.15, 0.2) is 42.5 Å². The molecule has 0 saturated carbocycles. The van der Waals surface area contributed by atoms with Crippen molar-refractivity contribution in [3.05, 3.63) is 70.0 Å². The standard InChI is InChI=1S/C18H20ClFN2O.ClH/c1-11(2)12-6-8-13(9-7-12)16(21)10-22-18(23)17-14(19)4-3-5-15(17)20;/h3-9,11,16H,10,21H2,1-2H3,(H,22,23);1H. The molecule has 1 amide bonds. The van der Waals surface area contributed by atoms with Crippen LogP contribution in [-0.4, -0.2) is 12.5 Å². The van der Waals surface area contributed by atoms with Gasteiger partial charge in [-0.2, -0.15) is 0 Å². The molecule has 130 valence electrons. The van der Waals surface area contributed by atoms with Gasteiger partial charge in [0.15, 0.2) is 0 Å². The van der Waals surface area contributed by atoms with Gasteiger partial charge in [-0.1, -0.05) is 55.8 Å². The summed E-state index contributed by atoms with van der Waals surface area (Å²) in [4.78, 5) is 12.1. The van der Waals surface area contributed by atoms with Gasteiger partial charge in [0.2, 0.25) is 0 Å². The fraction of sp³-hybridized carbons (Fsp3) is 0.278. The van der Waals surface area contributed by atoms with Crippen LogP contribution in [0.25, 0.3) is 0 Å². The summed E-state index contributed by atoms with van der Waals surface area (Å²) in [5.41, 5.74) is 8.06. The van der Waals surface area contributed by atoms with Crippen LogP contribution in [0.5, 0.6) is 0 Å². The second-order valence-corrected chi connectivity index (χ2v) is 6.14. The molecular formula is C18H21Cl2FN2O. The van der Waals surface area contributed by atoms with Crippen molar-refractivity contribution in [2.45, 2.75) is 25.8 Å². The van der Waals surface area contributed by atoms with E-state index in [0.717, 1.165) is 5.56 Å². The molecule has 0 fully saturated rings. The van der Waals surface area contributed by atoms with E-state index in [1.807, 2.05) is 24.3 Å². The van der Waals surface area contributed by atoms with Crippen LogP contribution in [0.1, 0.15) is 47.3 Å². The molecule has 6 heteroatoms. The van der Waals surface area contributed by atoms with Crippen LogP contribution in [-0.2, 0) is 0 Å². The zero-order chi connectivity index (χ0) is 17.0. The van der Waals surface area contributed by atoms with Crippen LogP contribution < -0.4 is 11.1 Å². The van der Waals surface area contributed by atoms with E-state index < -0.39 is 11.7 Å². The minimum Gasteiger partial charge on any atom is -0.350 e. The Kier molecular flexibility index (Phi) is 7.67. The Labute approximate surface area is 152 Å². The molecule has 0 aliphatic carbocycles.